The monoisotopic (exact) mass is 343 g/mol. The Morgan fingerprint density at radius 1 is 1.29 bits per heavy atom. The summed E-state index contributed by atoms with van der Waals surface area (Å²) in [4.78, 5) is 31.0. The summed E-state index contributed by atoms with van der Waals surface area (Å²) in [6.07, 6.45) is 1.83. The molecule has 0 atom stereocenters. The van der Waals surface area contributed by atoms with Crippen molar-refractivity contribution in [1.29, 1.82) is 0 Å². The van der Waals surface area contributed by atoms with Gasteiger partial charge in [0, 0.05) is 35.5 Å². The third-order valence-corrected chi connectivity index (χ3v) is 5.10. The van der Waals surface area contributed by atoms with E-state index in [1.807, 2.05) is 37.8 Å². The molecule has 0 saturated heterocycles. The number of aryl methyl sites for hydroxylation is 1. The summed E-state index contributed by atoms with van der Waals surface area (Å²) < 4.78 is 0. The van der Waals surface area contributed by atoms with Gasteiger partial charge >= 0.3 is 0 Å². The molecule has 2 heterocycles. The summed E-state index contributed by atoms with van der Waals surface area (Å²) in [7, 11) is 0. The Bertz CT molecular complexity index is 798. The number of hydrogen-bond donors (Lipinski definition) is 1. The van der Waals surface area contributed by atoms with Crippen molar-refractivity contribution in [3.8, 4) is 11.3 Å². The zero-order valence-electron chi connectivity index (χ0n) is 14.2. The van der Waals surface area contributed by atoms with Gasteiger partial charge in [0.2, 0.25) is 11.8 Å². The number of benzene rings is 1. The van der Waals surface area contributed by atoms with Gasteiger partial charge in [-0.25, -0.2) is 4.98 Å². The molecule has 0 bridgehead atoms. The van der Waals surface area contributed by atoms with Gasteiger partial charge in [0.1, 0.15) is 0 Å². The van der Waals surface area contributed by atoms with Crippen LogP contribution in [0.25, 0.3) is 11.3 Å². The van der Waals surface area contributed by atoms with Gasteiger partial charge in [0.25, 0.3) is 0 Å². The molecule has 24 heavy (non-hydrogen) atoms. The first-order valence-electron chi connectivity index (χ1n) is 8.24. The van der Waals surface area contributed by atoms with Gasteiger partial charge < -0.3 is 10.2 Å². The first-order valence-corrected chi connectivity index (χ1v) is 9.06. The molecule has 1 aromatic heterocycles. The molecule has 1 aromatic carbocycles. The lowest BCUT2D eigenvalue weighted by Gasteiger charge is -2.16. The number of nitrogens with one attached hydrogen (secondary N) is 1. The van der Waals surface area contributed by atoms with Crippen LogP contribution in [0.4, 0.5) is 10.8 Å². The van der Waals surface area contributed by atoms with Crippen LogP contribution in [-0.4, -0.2) is 23.3 Å². The van der Waals surface area contributed by atoms with E-state index in [2.05, 4.69) is 16.4 Å². The summed E-state index contributed by atoms with van der Waals surface area (Å²) in [5, 5.41) is 3.46. The minimum Gasteiger partial charge on any atom is -0.312 e. The number of amides is 2. The van der Waals surface area contributed by atoms with Gasteiger partial charge in [0.05, 0.1) is 5.69 Å². The van der Waals surface area contributed by atoms with Gasteiger partial charge in [-0.05, 0) is 31.0 Å². The second-order valence-corrected chi connectivity index (χ2v) is 7.02. The average Bonchev–Trinajstić information content (AvgIpc) is 3.16. The standard InChI is InChI=1S/C18H21N3O2S/c1-4-15(22)19-18-20-17(11(3)24-18)13-6-7-14-12(10-13)8-9-21(14)16(23)5-2/h6-7,10H,4-5,8-9H2,1-3H3,(H,19,20,22). The van der Waals surface area contributed by atoms with Crippen LogP contribution in [0, 0.1) is 6.92 Å². The van der Waals surface area contributed by atoms with Crippen LogP contribution in [0.15, 0.2) is 18.2 Å². The van der Waals surface area contributed by atoms with E-state index in [0.29, 0.717) is 18.0 Å². The van der Waals surface area contributed by atoms with Crippen molar-refractivity contribution < 1.29 is 9.59 Å². The molecule has 0 saturated carbocycles. The van der Waals surface area contributed by atoms with E-state index in [1.54, 1.807) is 0 Å². The number of rotatable bonds is 4. The first kappa shape index (κ1) is 16.6. The summed E-state index contributed by atoms with van der Waals surface area (Å²) >= 11 is 1.49. The van der Waals surface area contributed by atoms with Gasteiger partial charge in [0.15, 0.2) is 5.13 Å². The second-order valence-electron chi connectivity index (χ2n) is 5.82. The number of carbonyl (C=O) groups is 2. The molecule has 1 N–H and O–H groups in total. The zero-order chi connectivity index (χ0) is 17.3. The van der Waals surface area contributed by atoms with Crippen molar-refractivity contribution in [2.24, 2.45) is 0 Å². The number of thiazole rings is 1. The highest BCUT2D eigenvalue weighted by atomic mass is 32.1. The maximum absolute atomic E-state index is 12.0. The van der Waals surface area contributed by atoms with E-state index in [9.17, 15) is 9.59 Å². The second kappa shape index (κ2) is 6.73. The lowest BCUT2D eigenvalue weighted by Crippen LogP contribution is -2.27. The van der Waals surface area contributed by atoms with E-state index in [1.165, 1.54) is 16.9 Å². The molecule has 0 fully saturated rings. The largest absolute Gasteiger partial charge is 0.312 e. The lowest BCUT2D eigenvalue weighted by molar-refractivity contribution is -0.118. The van der Waals surface area contributed by atoms with Crippen molar-refractivity contribution in [1.82, 2.24) is 4.98 Å². The highest BCUT2D eigenvalue weighted by Crippen LogP contribution is 2.35. The molecule has 2 amide bonds. The molecule has 0 radical (unpaired) electrons. The normalized spacial score (nSPS) is 13.0. The van der Waals surface area contributed by atoms with Crippen LogP contribution in [0.3, 0.4) is 0 Å². The summed E-state index contributed by atoms with van der Waals surface area (Å²) in [5.74, 6) is 0.133. The van der Waals surface area contributed by atoms with Crippen LogP contribution in [0.5, 0.6) is 0 Å². The molecule has 1 aliphatic heterocycles. The van der Waals surface area contributed by atoms with Crippen molar-refractivity contribution in [2.45, 2.75) is 40.0 Å². The number of fused-ring (bicyclic) bond motifs is 1. The van der Waals surface area contributed by atoms with Crippen molar-refractivity contribution in [3.63, 3.8) is 0 Å². The summed E-state index contributed by atoms with van der Waals surface area (Å²) in [6.45, 7) is 6.47. The smallest absolute Gasteiger partial charge is 0.226 e. The van der Waals surface area contributed by atoms with E-state index in [0.717, 1.165) is 34.8 Å². The number of nitrogens with zero attached hydrogens (tertiary/aromatic N) is 2. The molecule has 126 valence electrons. The van der Waals surface area contributed by atoms with Crippen molar-refractivity contribution in [2.75, 3.05) is 16.8 Å². The number of aromatic nitrogens is 1. The Morgan fingerprint density at radius 2 is 2.08 bits per heavy atom. The lowest BCUT2D eigenvalue weighted by atomic mass is 10.1. The van der Waals surface area contributed by atoms with Gasteiger partial charge in [-0.15, -0.1) is 11.3 Å². The number of hydrogen-bond acceptors (Lipinski definition) is 4. The Kier molecular flexibility index (Phi) is 4.66. The molecule has 1 aliphatic rings. The minimum atomic E-state index is -0.0297. The molecule has 0 unspecified atom stereocenters. The van der Waals surface area contributed by atoms with Gasteiger partial charge in [-0.3, -0.25) is 9.59 Å². The minimum absolute atomic E-state index is 0.0297. The molecule has 0 aliphatic carbocycles. The molecule has 3 rings (SSSR count). The van der Waals surface area contributed by atoms with Crippen LogP contribution in [0.2, 0.25) is 0 Å². The van der Waals surface area contributed by atoms with E-state index < -0.39 is 0 Å². The topological polar surface area (TPSA) is 62.3 Å². The zero-order valence-corrected chi connectivity index (χ0v) is 15.0. The molecular weight excluding hydrogens is 322 g/mol. The summed E-state index contributed by atoms with van der Waals surface area (Å²) in [5.41, 5.74) is 4.12. The number of carbonyl (C=O) groups excluding carboxylic acids is 2. The fourth-order valence-corrected chi connectivity index (χ4v) is 3.78. The predicted octanol–water partition coefficient (Wildman–Crippen LogP) is 3.77. The van der Waals surface area contributed by atoms with Crippen LogP contribution >= 0.6 is 11.3 Å². The third-order valence-electron chi connectivity index (χ3n) is 4.22. The first-order chi connectivity index (χ1) is 11.5. The Labute approximate surface area is 145 Å². The third kappa shape index (κ3) is 3.06. The molecular formula is C18H21N3O2S. The highest BCUT2D eigenvalue weighted by Gasteiger charge is 2.24. The highest BCUT2D eigenvalue weighted by molar-refractivity contribution is 7.16. The fourth-order valence-electron chi connectivity index (χ4n) is 2.92. The quantitative estimate of drug-likeness (QED) is 0.919. The molecule has 5 nitrogen and oxygen atoms in total. The van der Waals surface area contributed by atoms with E-state index in [-0.39, 0.29) is 11.8 Å². The number of anilines is 2. The summed E-state index contributed by atoms with van der Waals surface area (Å²) in [6, 6.07) is 6.13. The maximum atomic E-state index is 12.0. The average molecular weight is 343 g/mol. The predicted molar refractivity (Wildman–Crippen MR) is 97.6 cm³/mol. The van der Waals surface area contributed by atoms with Crippen LogP contribution < -0.4 is 10.2 Å². The molecule has 0 spiro atoms. The Hall–Kier alpha value is -2.21. The van der Waals surface area contributed by atoms with Gasteiger partial charge in [-0.1, -0.05) is 19.9 Å². The maximum Gasteiger partial charge on any atom is 0.226 e. The molecule has 6 heteroatoms. The Morgan fingerprint density at radius 3 is 2.79 bits per heavy atom. The van der Waals surface area contributed by atoms with Crippen molar-refractivity contribution in [3.05, 3.63) is 28.6 Å². The van der Waals surface area contributed by atoms with Gasteiger partial charge in [-0.2, -0.15) is 0 Å². The van der Waals surface area contributed by atoms with Crippen LogP contribution in [0.1, 0.15) is 37.1 Å². The van der Waals surface area contributed by atoms with Crippen LogP contribution in [-0.2, 0) is 16.0 Å². The van der Waals surface area contributed by atoms with Crippen molar-refractivity contribution >= 4 is 34.0 Å². The Balaban J connectivity index is 1.89. The van der Waals surface area contributed by atoms with E-state index in [4.69, 9.17) is 0 Å². The fraction of sp³-hybridized carbons (Fsp3) is 0.389. The SMILES string of the molecule is CCC(=O)Nc1nc(-c2ccc3c(c2)CCN3C(=O)CC)c(C)s1. The molecule has 2 aromatic rings. The van der Waals surface area contributed by atoms with E-state index >= 15 is 0 Å².